The van der Waals surface area contributed by atoms with Crippen molar-refractivity contribution in [3.8, 4) is 0 Å². The first-order chi connectivity index (χ1) is 42.7. The maximum atomic E-state index is 14.6. The summed E-state index contributed by atoms with van der Waals surface area (Å²) in [6.45, 7) is 25.0. The van der Waals surface area contributed by atoms with Crippen molar-refractivity contribution in [2.45, 2.75) is 222 Å². The summed E-state index contributed by atoms with van der Waals surface area (Å²) in [5, 5.41) is 34.4. The summed E-state index contributed by atoms with van der Waals surface area (Å²) in [5.74, 6) is -11.6. The molecule has 0 rings (SSSR count). The Balaban J connectivity index is 6.44. The predicted octanol–water partition coefficient (Wildman–Crippen LogP) is 3.19. The monoisotopic (exact) mass is 1330 g/mol. The lowest BCUT2D eigenvalue weighted by atomic mass is 9.93. The van der Waals surface area contributed by atoms with Crippen molar-refractivity contribution in [1.82, 2.24) is 56.0 Å². The van der Waals surface area contributed by atoms with E-state index < -0.39 is 175 Å². The van der Waals surface area contributed by atoms with E-state index in [9.17, 15) is 80.9 Å². The van der Waals surface area contributed by atoms with Crippen LogP contribution in [-0.2, 0) is 62.3 Å². The Morgan fingerprint density at radius 2 is 0.935 bits per heavy atom. The molecule has 0 aromatic carbocycles. The average Bonchev–Trinajstić information content (AvgIpc) is 0.836. The Morgan fingerprint density at radius 3 is 1.37 bits per heavy atom. The molecule has 0 spiro atoms. The van der Waals surface area contributed by atoms with Gasteiger partial charge < -0.3 is 70.9 Å². The lowest BCUT2D eigenvalue weighted by Crippen LogP contribution is -2.61. The number of amides is 10. The zero-order chi connectivity index (χ0) is 72.6. The molecule has 93 heavy (non-hydrogen) atoms. The van der Waals surface area contributed by atoms with Crippen LogP contribution in [0.15, 0.2) is 12.2 Å². The van der Waals surface area contributed by atoms with Gasteiger partial charge in [-0.05, 0) is 101 Å². The van der Waals surface area contributed by atoms with E-state index in [-0.39, 0.29) is 62.2 Å². The highest BCUT2D eigenvalue weighted by atomic mass is 19.4. The van der Waals surface area contributed by atoms with Gasteiger partial charge in [-0.25, -0.2) is 9.59 Å². The molecular weight excluding hydrogens is 1220 g/mol. The summed E-state index contributed by atoms with van der Waals surface area (Å²) < 4.78 is 41.4. The lowest BCUT2D eigenvalue weighted by molar-refractivity contribution is -0.182. The zero-order valence-corrected chi connectivity index (χ0v) is 59.2. The number of carbonyl (C=O) groups excluding carboxylic acids is 11. The number of aliphatic hydroxyl groups excluding tert-OH is 1. The largest absolute Gasteiger partial charge is 0.480 e. The fraction of sp³-hybridized carbons (Fsp3) is 0.781. The molecule has 2 unspecified atom stereocenters. The minimum atomic E-state index is -4.72. The Bertz CT molecular complexity index is 2550. The molecule has 0 bridgehead atoms. The number of carboxylic acids is 1. The van der Waals surface area contributed by atoms with Gasteiger partial charge in [-0.2, -0.15) is 13.2 Å². The summed E-state index contributed by atoms with van der Waals surface area (Å²) in [4.78, 5) is 172. The molecule has 534 valence electrons. The summed E-state index contributed by atoms with van der Waals surface area (Å²) >= 11 is 0. The van der Waals surface area contributed by atoms with E-state index in [0.717, 1.165) is 20.8 Å². The molecule has 29 heteroatoms. The third-order valence-corrected chi connectivity index (χ3v) is 16.1. The highest BCUT2D eigenvalue weighted by Gasteiger charge is 2.43. The summed E-state index contributed by atoms with van der Waals surface area (Å²) in [5.41, 5.74) is 0. The van der Waals surface area contributed by atoms with Gasteiger partial charge in [0.15, 0.2) is 6.61 Å². The first-order valence-corrected chi connectivity index (χ1v) is 32.0. The van der Waals surface area contributed by atoms with Gasteiger partial charge in [0.25, 0.3) is 0 Å². The molecule has 0 aromatic rings. The van der Waals surface area contributed by atoms with Crippen LogP contribution in [0, 0.1) is 41.4 Å². The van der Waals surface area contributed by atoms with Gasteiger partial charge in [0.1, 0.15) is 60.4 Å². The molecule has 0 radical (unpaired) electrons. The number of esters is 1. The van der Waals surface area contributed by atoms with Gasteiger partial charge in [-0.1, -0.05) is 103 Å². The number of aliphatic hydroxyl groups is 1. The van der Waals surface area contributed by atoms with Gasteiger partial charge in [0.05, 0.1) is 12.6 Å². The van der Waals surface area contributed by atoms with Crippen LogP contribution in [0.2, 0.25) is 0 Å². The Hall–Kier alpha value is -6.91. The van der Waals surface area contributed by atoms with E-state index in [1.165, 1.54) is 90.9 Å². The lowest BCUT2D eigenvalue weighted by Gasteiger charge is -2.39. The number of hydrogen-bond donors (Lipinski definition) is 7. The average molecular weight is 1330 g/mol. The Labute approximate surface area is 548 Å². The maximum absolute atomic E-state index is 14.6. The molecule has 7 N–H and O–H groups in total. The van der Waals surface area contributed by atoms with Crippen LogP contribution in [0.4, 0.5) is 13.2 Å². The zero-order valence-electron chi connectivity index (χ0n) is 59.2. The highest BCUT2D eigenvalue weighted by molar-refractivity contribution is 5.98. The standard InChI is InChI=1S/C64H112F3N11O15/c1-24-43(71-57(85)51(68-17)53(81)40(14)26-25-27-49(80)93-33-64(65,66)67)59(87)73(18)32-48(79)74(19)44(28-34(2)3)56(84)72-50(38(10)11)62(90)75(20)45(29-35(4)5)55(83)69-41(15)54(82)70-42(16)58(86)76(21)46(30-36(6)7)60(88)77(22)47(31-37(8)9)61(89)78(23)52(39(12)13)63(91)92/h25,27,34-47,50-53,68,81H,24,26,28-33H2,1-23H3,(H,69,83)(H,70,82)(H,71,85)(H,72,84)(H,91,92)/b27-25+/t40-,41-,42-,43?,44+,45+,46+,47+,50+,51?,52+,53-/m1/s1. The van der Waals surface area contributed by atoms with Crippen molar-refractivity contribution in [3.05, 3.63) is 12.2 Å². The fourth-order valence-electron chi connectivity index (χ4n) is 10.5. The molecule has 0 aliphatic heterocycles. The third-order valence-electron chi connectivity index (χ3n) is 16.1. The van der Waals surface area contributed by atoms with Crippen molar-refractivity contribution in [2.24, 2.45) is 41.4 Å². The second-order valence-electron chi connectivity index (χ2n) is 26.9. The van der Waals surface area contributed by atoms with Crippen LogP contribution in [0.1, 0.15) is 149 Å². The van der Waals surface area contributed by atoms with Gasteiger partial charge in [0.2, 0.25) is 59.1 Å². The van der Waals surface area contributed by atoms with Crippen molar-refractivity contribution in [3.63, 3.8) is 0 Å². The predicted molar refractivity (Wildman–Crippen MR) is 344 cm³/mol. The molecule has 0 aromatic heterocycles. The second kappa shape index (κ2) is 39.7. The van der Waals surface area contributed by atoms with Gasteiger partial charge in [-0.15, -0.1) is 0 Å². The van der Waals surface area contributed by atoms with Crippen LogP contribution in [0.5, 0.6) is 0 Å². The van der Waals surface area contributed by atoms with Crippen molar-refractivity contribution in [2.75, 3.05) is 62.5 Å². The van der Waals surface area contributed by atoms with E-state index in [1.807, 2.05) is 55.4 Å². The van der Waals surface area contributed by atoms with Crippen LogP contribution >= 0.6 is 0 Å². The molecule has 0 aliphatic rings. The summed E-state index contributed by atoms with van der Waals surface area (Å²) in [6, 6.07) is -12.0. The number of alkyl halides is 3. The molecule has 0 saturated heterocycles. The first kappa shape index (κ1) is 86.1. The van der Waals surface area contributed by atoms with E-state index in [4.69, 9.17) is 0 Å². The number of carbonyl (C=O) groups is 12. The number of allylic oxidation sites excluding steroid dienone is 1. The molecule has 10 amide bonds. The van der Waals surface area contributed by atoms with Crippen LogP contribution in [0.3, 0.4) is 0 Å². The van der Waals surface area contributed by atoms with E-state index in [0.29, 0.717) is 0 Å². The molecule has 0 saturated carbocycles. The number of carboxylic acid groups (broad SMARTS) is 1. The van der Waals surface area contributed by atoms with Crippen molar-refractivity contribution < 1.29 is 85.7 Å². The third kappa shape index (κ3) is 27.9. The molecule has 0 fully saturated rings. The maximum Gasteiger partial charge on any atom is 0.422 e. The van der Waals surface area contributed by atoms with Gasteiger partial charge >= 0.3 is 18.1 Å². The first-order valence-electron chi connectivity index (χ1n) is 32.0. The molecule has 0 heterocycles. The minimum Gasteiger partial charge on any atom is -0.480 e. The SMILES string of the molecule is CCC(NC(=O)C(NC)[C@H](O)[C@H](C)C/C=C/C(=O)OCC(F)(F)F)C(=O)N(C)CC(=O)N(C)[C@@H](CC(C)C)C(=O)N[C@H](C(=O)N(C)[C@@H](CC(C)C)C(=O)N[C@H](C)C(=O)N[C@H](C)C(=O)N(C)[C@@H](CC(C)C)C(=O)N(C)[C@@H](CC(C)C)C(=O)N(C)[C@H](C(=O)O)C(C)C)C(C)C. The molecular formula is C64H112F3N11O15. The smallest absolute Gasteiger partial charge is 0.422 e. The number of nitrogens with one attached hydrogen (secondary N) is 5. The molecule has 12 atom stereocenters. The molecule has 0 aliphatic carbocycles. The van der Waals surface area contributed by atoms with E-state index in [2.05, 4.69) is 31.3 Å². The topological polar surface area (TPSA) is 334 Å². The van der Waals surface area contributed by atoms with Gasteiger partial charge in [0, 0.05) is 48.4 Å². The minimum absolute atomic E-state index is 0.0438. The second-order valence-corrected chi connectivity index (χ2v) is 26.9. The molecule has 26 nitrogen and oxygen atoms in total. The number of likely N-dealkylation sites (N-methyl/N-ethyl adjacent to an activating group) is 7. The number of halogens is 3. The fourth-order valence-corrected chi connectivity index (χ4v) is 10.5. The van der Waals surface area contributed by atoms with E-state index in [1.54, 1.807) is 34.6 Å². The Kier molecular flexibility index (Phi) is 36.8. The summed E-state index contributed by atoms with van der Waals surface area (Å²) in [7, 11) is 9.70. The number of ether oxygens (including phenoxy) is 1. The van der Waals surface area contributed by atoms with E-state index >= 15 is 0 Å². The van der Waals surface area contributed by atoms with Crippen molar-refractivity contribution >= 4 is 71.0 Å². The number of rotatable bonds is 39. The number of nitrogens with zero attached hydrogens (tertiary/aromatic N) is 6. The normalized spacial score (nSPS) is 15.8. The van der Waals surface area contributed by atoms with Crippen LogP contribution in [-0.4, -0.2) is 246 Å². The number of hydrogen-bond acceptors (Lipinski definition) is 15. The van der Waals surface area contributed by atoms with Crippen molar-refractivity contribution in [1.29, 1.82) is 0 Å². The number of aliphatic carboxylic acids is 1. The van der Waals surface area contributed by atoms with Gasteiger partial charge in [-0.3, -0.25) is 47.9 Å². The van der Waals surface area contributed by atoms with Crippen LogP contribution in [0.25, 0.3) is 0 Å². The highest BCUT2D eigenvalue weighted by Crippen LogP contribution is 2.24. The quantitative estimate of drug-likeness (QED) is 0.0343. The summed E-state index contributed by atoms with van der Waals surface area (Å²) in [6.07, 6.45) is -3.57. The Morgan fingerprint density at radius 1 is 0.505 bits per heavy atom. The van der Waals surface area contributed by atoms with Crippen LogP contribution < -0.4 is 26.6 Å².